The van der Waals surface area contributed by atoms with Crippen LogP contribution in [0.3, 0.4) is 0 Å². The summed E-state index contributed by atoms with van der Waals surface area (Å²) in [5, 5.41) is 3.20. The molecule has 2 nitrogen and oxygen atoms in total. The number of benzene rings is 2. The molecule has 0 radical (unpaired) electrons. The van der Waals surface area contributed by atoms with E-state index in [9.17, 15) is 4.39 Å². The van der Waals surface area contributed by atoms with Gasteiger partial charge < -0.3 is 11.1 Å². The standard InChI is InChI=1S/C12H10ClFN2/c13-8-4-3-5-9(14)12(8)16-11-7-2-1-6-10(11)15/h1-7,16H,15H2. The summed E-state index contributed by atoms with van der Waals surface area (Å²) in [5.74, 6) is -0.407. The Labute approximate surface area is 97.8 Å². The first kappa shape index (κ1) is 10.8. The van der Waals surface area contributed by atoms with Crippen molar-refractivity contribution in [2.24, 2.45) is 0 Å². The van der Waals surface area contributed by atoms with Crippen LogP contribution in [0.5, 0.6) is 0 Å². The van der Waals surface area contributed by atoms with Crippen molar-refractivity contribution in [3.05, 3.63) is 53.3 Å². The van der Waals surface area contributed by atoms with Crippen LogP contribution in [0.4, 0.5) is 21.5 Å². The van der Waals surface area contributed by atoms with Crippen LogP contribution in [0, 0.1) is 5.82 Å². The summed E-state index contributed by atoms with van der Waals surface area (Å²) in [7, 11) is 0. The summed E-state index contributed by atoms with van der Waals surface area (Å²) in [6.45, 7) is 0. The summed E-state index contributed by atoms with van der Waals surface area (Å²) >= 11 is 5.89. The van der Waals surface area contributed by atoms with Gasteiger partial charge >= 0.3 is 0 Å². The molecular weight excluding hydrogens is 227 g/mol. The number of rotatable bonds is 2. The summed E-state index contributed by atoms with van der Waals surface area (Å²) in [6, 6.07) is 11.6. The quantitative estimate of drug-likeness (QED) is 0.779. The number of halogens is 2. The molecule has 0 heterocycles. The highest BCUT2D eigenvalue weighted by Gasteiger charge is 2.07. The molecule has 4 heteroatoms. The summed E-state index contributed by atoms with van der Waals surface area (Å²) in [4.78, 5) is 0. The Morgan fingerprint density at radius 1 is 1.06 bits per heavy atom. The predicted molar refractivity (Wildman–Crippen MR) is 65.5 cm³/mol. The van der Waals surface area contributed by atoms with Gasteiger partial charge in [-0.2, -0.15) is 0 Å². The van der Waals surface area contributed by atoms with Crippen molar-refractivity contribution in [2.75, 3.05) is 11.1 Å². The Kier molecular flexibility index (Phi) is 2.97. The van der Waals surface area contributed by atoms with E-state index in [2.05, 4.69) is 5.32 Å². The Morgan fingerprint density at radius 3 is 2.50 bits per heavy atom. The van der Waals surface area contributed by atoms with Gasteiger partial charge in [-0.3, -0.25) is 0 Å². The second-order valence-corrected chi connectivity index (χ2v) is 3.72. The number of hydrogen-bond donors (Lipinski definition) is 2. The lowest BCUT2D eigenvalue weighted by Crippen LogP contribution is -1.98. The molecule has 0 atom stereocenters. The van der Waals surface area contributed by atoms with E-state index in [1.54, 1.807) is 24.3 Å². The molecule has 2 rings (SSSR count). The van der Waals surface area contributed by atoms with Crippen molar-refractivity contribution in [1.82, 2.24) is 0 Å². The number of nitrogens with two attached hydrogens (primary N) is 1. The molecule has 0 aromatic heterocycles. The maximum Gasteiger partial charge on any atom is 0.148 e. The van der Waals surface area contributed by atoms with Gasteiger partial charge in [0.25, 0.3) is 0 Å². The lowest BCUT2D eigenvalue weighted by Gasteiger charge is -2.11. The number of para-hydroxylation sites is 3. The fraction of sp³-hybridized carbons (Fsp3) is 0. The summed E-state index contributed by atoms with van der Waals surface area (Å²) in [6.07, 6.45) is 0. The third-order valence-electron chi connectivity index (χ3n) is 2.18. The molecule has 0 bridgehead atoms. The lowest BCUT2D eigenvalue weighted by molar-refractivity contribution is 0.632. The molecule has 0 saturated carbocycles. The second-order valence-electron chi connectivity index (χ2n) is 3.31. The van der Waals surface area contributed by atoms with Crippen molar-refractivity contribution >= 4 is 28.7 Å². The number of nitrogen functional groups attached to an aromatic ring is 1. The molecule has 2 aromatic carbocycles. The van der Waals surface area contributed by atoms with Gasteiger partial charge in [0.2, 0.25) is 0 Å². The van der Waals surface area contributed by atoms with Crippen LogP contribution >= 0.6 is 11.6 Å². The Morgan fingerprint density at radius 2 is 1.81 bits per heavy atom. The van der Waals surface area contributed by atoms with Crippen LogP contribution in [-0.2, 0) is 0 Å². The van der Waals surface area contributed by atoms with Gasteiger partial charge in [0, 0.05) is 0 Å². The van der Waals surface area contributed by atoms with E-state index in [4.69, 9.17) is 17.3 Å². The number of anilines is 3. The highest BCUT2D eigenvalue weighted by Crippen LogP contribution is 2.30. The molecule has 16 heavy (non-hydrogen) atoms. The largest absolute Gasteiger partial charge is 0.397 e. The molecule has 2 aromatic rings. The first-order valence-electron chi connectivity index (χ1n) is 4.74. The minimum absolute atomic E-state index is 0.238. The van der Waals surface area contributed by atoms with Crippen LogP contribution in [0.2, 0.25) is 5.02 Å². The van der Waals surface area contributed by atoms with Gasteiger partial charge in [0.1, 0.15) is 5.82 Å². The van der Waals surface area contributed by atoms with Crippen LogP contribution < -0.4 is 11.1 Å². The van der Waals surface area contributed by atoms with E-state index >= 15 is 0 Å². The molecule has 3 N–H and O–H groups in total. The summed E-state index contributed by atoms with van der Waals surface area (Å²) in [5.41, 5.74) is 7.16. The molecule has 0 unspecified atom stereocenters. The zero-order valence-electron chi connectivity index (χ0n) is 8.37. The molecule has 0 fully saturated rings. The Bertz CT molecular complexity index is 494. The maximum atomic E-state index is 13.5. The predicted octanol–water partition coefficient (Wildman–Crippen LogP) is 3.80. The van der Waals surface area contributed by atoms with Gasteiger partial charge in [-0.15, -0.1) is 0 Å². The molecule has 0 amide bonds. The fourth-order valence-electron chi connectivity index (χ4n) is 1.36. The molecule has 0 aliphatic heterocycles. The van der Waals surface area contributed by atoms with Crippen LogP contribution in [0.1, 0.15) is 0 Å². The van der Waals surface area contributed by atoms with E-state index in [0.717, 1.165) is 0 Å². The molecule has 0 spiro atoms. The van der Waals surface area contributed by atoms with Gasteiger partial charge in [0.05, 0.1) is 22.1 Å². The van der Waals surface area contributed by atoms with Crippen LogP contribution in [0.25, 0.3) is 0 Å². The van der Waals surface area contributed by atoms with Crippen LogP contribution in [-0.4, -0.2) is 0 Å². The highest BCUT2D eigenvalue weighted by atomic mass is 35.5. The number of nitrogens with one attached hydrogen (secondary N) is 1. The first-order chi connectivity index (χ1) is 7.68. The molecule has 0 aliphatic carbocycles. The third kappa shape index (κ3) is 2.09. The van der Waals surface area contributed by atoms with Gasteiger partial charge in [-0.1, -0.05) is 29.8 Å². The van der Waals surface area contributed by atoms with E-state index in [1.165, 1.54) is 6.07 Å². The third-order valence-corrected chi connectivity index (χ3v) is 2.50. The Hall–Kier alpha value is -1.74. The average molecular weight is 237 g/mol. The molecule has 0 saturated heterocycles. The van der Waals surface area contributed by atoms with Gasteiger partial charge in [0.15, 0.2) is 0 Å². The van der Waals surface area contributed by atoms with E-state index in [0.29, 0.717) is 16.4 Å². The monoisotopic (exact) mass is 236 g/mol. The van der Waals surface area contributed by atoms with E-state index in [-0.39, 0.29) is 5.69 Å². The van der Waals surface area contributed by atoms with E-state index in [1.807, 2.05) is 12.1 Å². The number of hydrogen-bond acceptors (Lipinski definition) is 2. The highest BCUT2D eigenvalue weighted by molar-refractivity contribution is 6.33. The van der Waals surface area contributed by atoms with Crippen LogP contribution in [0.15, 0.2) is 42.5 Å². The van der Waals surface area contributed by atoms with Crippen molar-refractivity contribution in [2.45, 2.75) is 0 Å². The Balaban J connectivity index is 2.38. The second kappa shape index (κ2) is 4.41. The maximum absolute atomic E-state index is 13.5. The lowest BCUT2D eigenvalue weighted by atomic mass is 10.2. The minimum Gasteiger partial charge on any atom is -0.397 e. The molecule has 82 valence electrons. The topological polar surface area (TPSA) is 38.0 Å². The summed E-state index contributed by atoms with van der Waals surface area (Å²) < 4.78 is 13.5. The van der Waals surface area contributed by atoms with Gasteiger partial charge in [-0.25, -0.2) is 4.39 Å². The van der Waals surface area contributed by atoms with Crippen molar-refractivity contribution in [3.63, 3.8) is 0 Å². The van der Waals surface area contributed by atoms with E-state index < -0.39 is 5.82 Å². The van der Waals surface area contributed by atoms with Crippen molar-refractivity contribution < 1.29 is 4.39 Å². The molecule has 0 aliphatic rings. The first-order valence-corrected chi connectivity index (χ1v) is 5.12. The van der Waals surface area contributed by atoms with Gasteiger partial charge in [-0.05, 0) is 24.3 Å². The molecular formula is C12H10ClFN2. The van der Waals surface area contributed by atoms with Crippen molar-refractivity contribution in [3.8, 4) is 0 Å². The zero-order valence-corrected chi connectivity index (χ0v) is 9.13. The normalized spacial score (nSPS) is 10.1. The minimum atomic E-state index is -0.407. The average Bonchev–Trinajstić information content (AvgIpc) is 2.26. The SMILES string of the molecule is Nc1ccccc1Nc1c(F)cccc1Cl. The fourth-order valence-corrected chi connectivity index (χ4v) is 1.57. The zero-order chi connectivity index (χ0) is 11.5. The smallest absolute Gasteiger partial charge is 0.148 e. The van der Waals surface area contributed by atoms with Crippen molar-refractivity contribution in [1.29, 1.82) is 0 Å².